The second kappa shape index (κ2) is 9.54. The average Bonchev–Trinajstić information content (AvgIpc) is 3.12. The maximum absolute atomic E-state index is 12.7. The van der Waals surface area contributed by atoms with E-state index in [4.69, 9.17) is 9.15 Å². The van der Waals surface area contributed by atoms with Crippen LogP contribution in [0.2, 0.25) is 0 Å². The molecule has 0 unspecified atom stereocenters. The first-order chi connectivity index (χ1) is 16.3. The van der Waals surface area contributed by atoms with Crippen molar-refractivity contribution in [1.82, 2.24) is 9.29 Å². The number of carbonyl (C=O) groups excluding carboxylic acids is 1. The number of aryl methyl sites for hydroxylation is 1. The molecule has 2 N–H and O–H groups in total. The summed E-state index contributed by atoms with van der Waals surface area (Å²) in [6.45, 7) is 1.68. The molecule has 0 aliphatic heterocycles. The Bertz CT molecular complexity index is 1510. The van der Waals surface area contributed by atoms with E-state index in [1.807, 2.05) is 43.3 Å². The summed E-state index contributed by atoms with van der Waals surface area (Å²) in [5.41, 5.74) is 2.58. The van der Waals surface area contributed by atoms with Gasteiger partial charge in [0.05, 0.1) is 23.2 Å². The van der Waals surface area contributed by atoms with Crippen molar-refractivity contribution in [3.63, 3.8) is 0 Å². The highest BCUT2D eigenvalue weighted by Crippen LogP contribution is 2.25. The van der Waals surface area contributed by atoms with Crippen LogP contribution < -0.4 is 20.5 Å². The van der Waals surface area contributed by atoms with Gasteiger partial charge in [0.2, 0.25) is 15.9 Å². The number of anilines is 1. The molecule has 0 spiro atoms. The lowest BCUT2D eigenvalue weighted by molar-refractivity contribution is -0.116. The number of amides is 1. The summed E-state index contributed by atoms with van der Waals surface area (Å²) in [6, 6.07) is 18.5. The molecule has 1 aromatic heterocycles. The number of sulfonamides is 1. The number of hydrogen-bond acceptors (Lipinski definition) is 6. The molecule has 0 atom stereocenters. The molecule has 176 valence electrons. The molecule has 4 rings (SSSR count). The lowest BCUT2D eigenvalue weighted by atomic mass is 10.2. The predicted molar refractivity (Wildman–Crippen MR) is 127 cm³/mol. The highest BCUT2D eigenvalue weighted by atomic mass is 32.2. The molecule has 0 bridgehead atoms. The molecule has 0 saturated heterocycles. The van der Waals surface area contributed by atoms with Crippen molar-refractivity contribution in [2.75, 3.05) is 12.4 Å². The second-order valence-corrected chi connectivity index (χ2v) is 9.41. The van der Waals surface area contributed by atoms with Gasteiger partial charge in [-0.1, -0.05) is 36.4 Å². The predicted octanol–water partition coefficient (Wildman–Crippen LogP) is 3.03. The van der Waals surface area contributed by atoms with Gasteiger partial charge in [-0.15, -0.1) is 0 Å². The number of rotatable bonds is 8. The zero-order valence-corrected chi connectivity index (χ0v) is 19.4. The lowest BCUT2D eigenvalue weighted by Crippen LogP contribution is -2.25. The smallest absolute Gasteiger partial charge is 0.420 e. The highest BCUT2D eigenvalue weighted by Gasteiger charge is 2.19. The first-order valence-electron chi connectivity index (χ1n) is 10.4. The van der Waals surface area contributed by atoms with Gasteiger partial charge in [0.1, 0.15) is 12.3 Å². The maximum Gasteiger partial charge on any atom is 0.420 e. The van der Waals surface area contributed by atoms with Gasteiger partial charge in [0.15, 0.2) is 5.58 Å². The van der Waals surface area contributed by atoms with Gasteiger partial charge < -0.3 is 14.5 Å². The van der Waals surface area contributed by atoms with Crippen molar-refractivity contribution < 1.29 is 22.4 Å². The van der Waals surface area contributed by atoms with Crippen LogP contribution in [-0.2, 0) is 27.9 Å². The normalized spacial score (nSPS) is 11.5. The van der Waals surface area contributed by atoms with Crippen molar-refractivity contribution in [3.8, 4) is 5.75 Å². The number of hydrogen-bond donors (Lipinski definition) is 2. The van der Waals surface area contributed by atoms with E-state index in [1.165, 1.54) is 25.3 Å². The van der Waals surface area contributed by atoms with Gasteiger partial charge in [0.25, 0.3) is 0 Å². The Labute approximate surface area is 196 Å². The van der Waals surface area contributed by atoms with Crippen LogP contribution in [0.15, 0.2) is 80.8 Å². The van der Waals surface area contributed by atoms with Crippen molar-refractivity contribution >= 4 is 32.7 Å². The molecule has 0 radical (unpaired) electrons. The van der Waals surface area contributed by atoms with Crippen molar-refractivity contribution in [3.05, 3.63) is 88.4 Å². The number of carbonyl (C=O) groups is 1. The molecular formula is C24H23N3O6S. The van der Waals surface area contributed by atoms with E-state index in [0.717, 1.165) is 15.7 Å². The van der Waals surface area contributed by atoms with Crippen LogP contribution in [0, 0.1) is 6.92 Å². The molecular weight excluding hydrogens is 458 g/mol. The average molecular weight is 482 g/mol. The third-order valence-corrected chi connectivity index (χ3v) is 6.59. The zero-order valence-electron chi connectivity index (χ0n) is 18.6. The van der Waals surface area contributed by atoms with Gasteiger partial charge in [-0.05, 0) is 42.3 Å². The fourth-order valence-electron chi connectivity index (χ4n) is 3.47. The summed E-state index contributed by atoms with van der Waals surface area (Å²) >= 11 is 0. The standard InChI is InChI=1S/C24H23N3O6S/c1-16-8-11-21(32-2)19(12-16)26-23(28)15-27-20-10-9-18(13-22(20)33-24(27)29)34(30,31)25-14-17-6-4-3-5-7-17/h3-13,25H,14-15H2,1-2H3,(H,26,28). The minimum absolute atomic E-state index is 0.0502. The molecule has 9 nitrogen and oxygen atoms in total. The Morgan fingerprint density at radius 2 is 1.82 bits per heavy atom. The molecule has 3 aromatic carbocycles. The van der Waals surface area contributed by atoms with Crippen LogP contribution in [0.5, 0.6) is 5.75 Å². The topological polar surface area (TPSA) is 120 Å². The second-order valence-electron chi connectivity index (χ2n) is 7.65. The Kier molecular flexibility index (Phi) is 6.53. The first kappa shape index (κ1) is 23.3. The number of nitrogens with zero attached hydrogens (tertiary/aromatic N) is 1. The van der Waals surface area contributed by atoms with Gasteiger partial charge in [-0.2, -0.15) is 0 Å². The Balaban J connectivity index is 1.54. The number of fused-ring (bicyclic) bond motifs is 1. The Morgan fingerprint density at radius 3 is 2.56 bits per heavy atom. The van der Waals surface area contributed by atoms with Crippen LogP contribution in [0.3, 0.4) is 0 Å². The zero-order chi connectivity index (χ0) is 24.3. The fourth-order valence-corrected chi connectivity index (χ4v) is 4.51. The molecule has 1 heterocycles. The number of aromatic nitrogens is 1. The van der Waals surface area contributed by atoms with Gasteiger partial charge in [-0.3, -0.25) is 9.36 Å². The minimum atomic E-state index is -3.84. The van der Waals surface area contributed by atoms with Crippen LogP contribution in [0.4, 0.5) is 5.69 Å². The fraction of sp³-hybridized carbons (Fsp3) is 0.167. The molecule has 0 aliphatic carbocycles. The Hall–Kier alpha value is -3.89. The summed E-state index contributed by atoms with van der Waals surface area (Å²) in [7, 11) is -2.35. The van der Waals surface area contributed by atoms with Crippen LogP contribution in [0.25, 0.3) is 11.1 Å². The molecule has 34 heavy (non-hydrogen) atoms. The number of ether oxygens (including phenoxy) is 1. The third kappa shape index (κ3) is 5.03. The summed E-state index contributed by atoms with van der Waals surface area (Å²) in [6.07, 6.45) is 0. The van der Waals surface area contributed by atoms with E-state index in [1.54, 1.807) is 12.1 Å². The van der Waals surface area contributed by atoms with Crippen molar-refractivity contribution in [2.24, 2.45) is 0 Å². The van der Waals surface area contributed by atoms with Gasteiger partial charge >= 0.3 is 5.76 Å². The summed E-state index contributed by atoms with van der Waals surface area (Å²) in [5.74, 6) is -0.746. The largest absolute Gasteiger partial charge is 0.495 e. The minimum Gasteiger partial charge on any atom is -0.495 e. The van der Waals surface area contributed by atoms with E-state index in [2.05, 4.69) is 10.0 Å². The van der Waals surface area contributed by atoms with E-state index in [0.29, 0.717) is 17.0 Å². The first-order valence-corrected chi connectivity index (χ1v) is 11.9. The van der Waals surface area contributed by atoms with Crippen molar-refractivity contribution in [1.29, 1.82) is 0 Å². The number of nitrogens with one attached hydrogen (secondary N) is 2. The number of benzene rings is 3. The number of methoxy groups -OCH3 is 1. The molecule has 1 amide bonds. The Morgan fingerprint density at radius 1 is 1.06 bits per heavy atom. The molecule has 10 heteroatoms. The van der Waals surface area contributed by atoms with Crippen LogP contribution in [-0.4, -0.2) is 26.0 Å². The third-order valence-electron chi connectivity index (χ3n) is 5.19. The van der Waals surface area contributed by atoms with Crippen LogP contribution in [0.1, 0.15) is 11.1 Å². The van der Waals surface area contributed by atoms with Crippen LogP contribution >= 0.6 is 0 Å². The molecule has 4 aromatic rings. The van der Waals surface area contributed by atoms with E-state index in [-0.39, 0.29) is 23.6 Å². The summed E-state index contributed by atoms with van der Waals surface area (Å²) in [5, 5.41) is 2.73. The van der Waals surface area contributed by atoms with Gasteiger partial charge in [-0.25, -0.2) is 17.9 Å². The van der Waals surface area contributed by atoms with Crippen molar-refractivity contribution in [2.45, 2.75) is 24.9 Å². The highest BCUT2D eigenvalue weighted by molar-refractivity contribution is 7.89. The van der Waals surface area contributed by atoms with E-state index >= 15 is 0 Å². The summed E-state index contributed by atoms with van der Waals surface area (Å²) < 4.78 is 39.5. The monoisotopic (exact) mass is 481 g/mol. The summed E-state index contributed by atoms with van der Waals surface area (Å²) in [4.78, 5) is 25.0. The molecule has 0 aliphatic rings. The quantitative estimate of drug-likeness (QED) is 0.399. The SMILES string of the molecule is COc1ccc(C)cc1NC(=O)Cn1c(=O)oc2cc(S(=O)(=O)NCc3ccccc3)ccc21. The molecule has 0 fully saturated rings. The van der Waals surface area contributed by atoms with E-state index in [9.17, 15) is 18.0 Å². The van der Waals surface area contributed by atoms with Gasteiger partial charge in [0, 0.05) is 12.6 Å². The number of oxazole rings is 1. The molecule has 0 saturated carbocycles. The maximum atomic E-state index is 12.7. The van der Waals surface area contributed by atoms with E-state index < -0.39 is 21.7 Å². The lowest BCUT2D eigenvalue weighted by Gasteiger charge is -2.11.